The Labute approximate surface area is 138 Å². The van der Waals surface area contributed by atoms with Crippen LogP contribution < -0.4 is 0 Å². The molecule has 0 radical (unpaired) electrons. The van der Waals surface area contributed by atoms with Gasteiger partial charge in [-0.3, -0.25) is 4.90 Å². The first-order chi connectivity index (χ1) is 11.3. The molecule has 0 bridgehead atoms. The first-order valence-electron chi connectivity index (χ1n) is 8.25. The number of fused-ring (bicyclic) bond motifs is 1. The number of rotatable bonds is 6. The first-order valence-corrected chi connectivity index (χ1v) is 8.25. The van der Waals surface area contributed by atoms with E-state index in [1.165, 1.54) is 11.1 Å². The van der Waals surface area contributed by atoms with E-state index < -0.39 is 6.10 Å². The highest BCUT2D eigenvalue weighted by Gasteiger charge is 2.28. The van der Waals surface area contributed by atoms with Crippen molar-refractivity contribution in [2.24, 2.45) is 0 Å². The largest absolute Gasteiger partial charge is 0.391 e. The zero-order valence-electron chi connectivity index (χ0n) is 13.4. The number of aliphatic hydroxyl groups is 1. The molecule has 2 aromatic rings. The molecule has 1 aliphatic carbocycles. The molecule has 0 amide bonds. The van der Waals surface area contributed by atoms with Crippen LogP contribution in [0.5, 0.6) is 0 Å². The summed E-state index contributed by atoms with van der Waals surface area (Å²) in [7, 11) is 0. The highest BCUT2D eigenvalue weighted by Crippen LogP contribution is 2.35. The molecule has 2 nitrogen and oxygen atoms in total. The highest BCUT2D eigenvalue weighted by atomic mass is 16.3. The summed E-state index contributed by atoms with van der Waals surface area (Å²) in [6, 6.07) is 19.0. The van der Waals surface area contributed by atoms with E-state index in [2.05, 4.69) is 47.2 Å². The van der Waals surface area contributed by atoms with Crippen molar-refractivity contribution in [3.63, 3.8) is 0 Å². The lowest BCUT2D eigenvalue weighted by atomic mass is 10.0. The standard InChI is InChI=1S/C21H23NO/c1-2-14-22(16-19(23)15-17-8-4-3-5-9-17)21-13-12-18-10-6-7-11-20(18)21/h1,3-11,19,21,23H,12-16H2. The van der Waals surface area contributed by atoms with Crippen LogP contribution in [0.15, 0.2) is 54.6 Å². The van der Waals surface area contributed by atoms with E-state index in [-0.39, 0.29) is 0 Å². The summed E-state index contributed by atoms with van der Waals surface area (Å²) in [5, 5.41) is 10.5. The molecule has 2 aromatic carbocycles. The lowest BCUT2D eigenvalue weighted by Gasteiger charge is -2.30. The zero-order chi connectivity index (χ0) is 16.1. The molecule has 1 aliphatic rings. The molecule has 118 valence electrons. The first kappa shape index (κ1) is 15.8. The molecule has 0 heterocycles. The molecule has 0 saturated carbocycles. The normalized spacial score (nSPS) is 17.7. The van der Waals surface area contributed by atoms with E-state index in [4.69, 9.17) is 6.42 Å². The van der Waals surface area contributed by atoms with Crippen molar-refractivity contribution < 1.29 is 5.11 Å². The molecule has 3 rings (SSSR count). The Bertz CT molecular complexity index is 674. The van der Waals surface area contributed by atoms with Gasteiger partial charge < -0.3 is 5.11 Å². The van der Waals surface area contributed by atoms with Crippen molar-refractivity contribution in [3.05, 3.63) is 71.3 Å². The van der Waals surface area contributed by atoms with E-state index in [9.17, 15) is 5.11 Å². The number of aliphatic hydroxyl groups excluding tert-OH is 1. The molecular weight excluding hydrogens is 282 g/mol. The number of terminal acetylenes is 1. The molecular formula is C21H23NO. The van der Waals surface area contributed by atoms with Crippen LogP contribution in [0.4, 0.5) is 0 Å². The van der Waals surface area contributed by atoms with Gasteiger partial charge in [0, 0.05) is 12.6 Å². The van der Waals surface area contributed by atoms with Crippen molar-refractivity contribution >= 4 is 0 Å². The number of hydrogen-bond donors (Lipinski definition) is 1. The van der Waals surface area contributed by atoms with Crippen LogP contribution in [-0.2, 0) is 12.8 Å². The molecule has 1 N–H and O–H groups in total. The minimum absolute atomic E-state index is 0.327. The van der Waals surface area contributed by atoms with Gasteiger partial charge in [-0.15, -0.1) is 6.42 Å². The minimum Gasteiger partial charge on any atom is -0.391 e. The fourth-order valence-electron chi connectivity index (χ4n) is 3.55. The fraction of sp³-hybridized carbons (Fsp3) is 0.333. The van der Waals surface area contributed by atoms with Crippen molar-refractivity contribution in [1.82, 2.24) is 4.90 Å². The van der Waals surface area contributed by atoms with E-state index in [0.29, 0.717) is 25.6 Å². The molecule has 23 heavy (non-hydrogen) atoms. The average Bonchev–Trinajstić information content (AvgIpc) is 2.99. The maximum atomic E-state index is 10.5. The van der Waals surface area contributed by atoms with Crippen LogP contribution in [0.25, 0.3) is 0 Å². The smallest absolute Gasteiger partial charge is 0.0707 e. The zero-order valence-corrected chi connectivity index (χ0v) is 13.4. The van der Waals surface area contributed by atoms with E-state index >= 15 is 0 Å². The third-order valence-corrected chi connectivity index (χ3v) is 4.60. The van der Waals surface area contributed by atoms with E-state index in [0.717, 1.165) is 18.4 Å². The monoisotopic (exact) mass is 305 g/mol. The summed E-state index contributed by atoms with van der Waals surface area (Å²) in [4.78, 5) is 2.25. The lowest BCUT2D eigenvalue weighted by Crippen LogP contribution is -2.36. The summed E-state index contributed by atoms with van der Waals surface area (Å²) in [5.41, 5.74) is 3.94. The van der Waals surface area contributed by atoms with Gasteiger partial charge in [0.25, 0.3) is 0 Å². The predicted octanol–water partition coefficient (Wildman–Crippen LogP) is 3.21. The molecule has 2 heteroatoms. The lowest BCUT2D eigenvalue weighted by molar-refractivity contribution is 0.0956. The molecule has 2 unspecified atom stereocenters. The Morgan fingerprint density at radius 2 is 1.87 bits per heavy atom. The molecule has 0 aliphatic heterocycles. The van der Waals surface area contributed by atoms with Crippen LogP contribution in [0.2, 0.25) is 0 Å². The van der Waals surface area contributed by atoms with Crippen molar-refractivity contribution in [2.45, 2.75) is 31.4 Å². The molecule has 0 saturated heterocycles. The van der Waals surface area contributed by atoms with Gasteiger partial charge in [0.05, 0.1) is 12.6 Å². The molecule has 0 aromatic heterocycles. The van der Waals surface area contributed by atoms with Crippen molar-refractivity contribution in [2.75, 3.05) is 13.1 Å². The number of hydrogen-bond acceptors (Lipinski definition) is 2. The van der Waals surface area contributed by atoms with Gasteiger partial charge >= 0.3 is 0 Å². The SMILES string of the molecule is C#CCN(CC(O)Cc1ccccc1)C1CCc2ccccc21. The van der Waals surface area contributed by atoms with Crippen LogP contribution >= 0.6 is 0 Å². The van der Waals surface area contributed by atoms with Gasteiger partial charge in [-0.1, -0.05) is 60.5 Å². The summed E-state index contributed by atoms with van der Waals surface area (Å²) >= 11 is 0. The summed E-state index contributed by atoms with van der Waals surface area (Å²) in [6.07, 6.45) is 8.01. The molecule has 0 fully saturated rings. The van der Waals surface area contributed by atoms with Crippen molar-refractivity contribution in [3.8, 4) is 12.3 Å². The Kier molecular flexibility index (Phi) is 5.12. The van der Waals surface area contributed by atoms with Gasteiger partial charge in [-0.2, -0.15) is 0 Å². The van der Waals surface area contributed by atoms with E-state index in [1.807, 2.05) is 18.2 Å². The van der Waals surface area contributed by atoms with Gasteiger partial charge in [0.1, 0.15) is 0 Å². The van der Waals surface area contributed by atoms with Gasteiger partial charge in [0.2, 0.25) is 0 Å². The Hall–Kier alpha value is -2.08. The maximum Gasteiger partial charge on any atom is 0.0707 e. The third kappa shape index (κ3) is 3.82. The van der Waals surface area contributed by atoms with Gasteiger partial charge in [0.15, 0.2) is 0 Å². The maximum absolute atomic E-state index is 10.5. The minimum atomic E-state index is -0.404. The Balaban J connectivity index is 1.69. The third-order valence-electron chi connectivity index (χ3n) is 4.60. The Morgan fingerprint density at radius 1 is 1.13 bits per heavy atom. The summed E-state index contributed by atoms with van der Waals surface area (Å²) < 4.78 is 0. The van der Waals surface area contributed by atoms with Crippen molar-refractivity contribution in [1.29, 1.82) is 0 Å². The second kappa shape index (κ2) is 7.46. The quantitative estimate of drug-likeness (QED) is 0.828. The van der Waals surface area contributed by atoms with Gasteiger partial charge in [-0.25, -0.2) is 0 Å². The fourth-order valence-corrected chi connectivity index (χ4v) is 3.55. The second-order valence-corrected chi connectivity index (χ2v) is 6.23. The summed E-state index contributed by atoms with van der Waals surface area (Å²) in [5.74, 6) is 2.76. The number of nitrogens with zero attached hydrogens (tertiary/aromatic N) is 1. The van der Waals surface area contributed by atoms with E-state index in [1.54, 1.807) is 0 Å². The Morgan fingerprint density at radius 3 is 2.65 bits per heavy atom. The molecule has 2 atom stereocenters. The topological polar surface area (TPSA) is 23.5 Å². The number of benzene rings is 2. The summed E-state index contributed by atoms with van der Waals surface area (Å²) in [6.45, 7) is 1.18. The van der Waals surface area contributed by atoms with Crippen LogP contribution in [0.3, 0.4) is 0 Å². The van der Waals surface area contributed by atoms with Crippen LogP contribution in [0.1, 0.15) is 29.2 Å². The predicted molar refractivity (Wildman–Crippen MR) is 94.1 cm³/mol. The molecule has 0 spiro atoms. The number of aryl methyl sites for hydroxylation is 1. The highest BCUT2D eigenvalue weighted by molar-refractivity contribution is 5.34. The van der Waals surface area contributed by atoms with Crippen LogP contribution in [0, 0.1) is 12.3 Å². The van der Waals surface area contributed by atoms with Gasteiger partial charge in [-0.05, 0) is 36.0 Å². The average molecular weight is 305 g/mol. The van der Waals surface area contributed by atoms with Crippen LogP contribution in [-0.4, -0.2) is 29.2 Å². The second-order valence-electron chi connectivity index (χ2n) is 6.23.